The zero-order chi connectivity index (χ0) is 15.0. The second-order valence-electron chi connectivity index (χ2n) is 6.61. The van der Waals surface area contributed by atoms with Crippen LogP contribution in [0.2, 0.25) is 0 Å². The van der Waals surface area contributed by atoms with Crippen LogP contribution in [0, 0.1) is 5.92 Å². The van der Waals surface area contributed by atoms with Gasteiger partial charge in [-0.25, -0.2) is 0 Å². The SMILES string of the molecule is CC(N)C1CCCN(C(=O)C2(c3cccc(Br)c3)CC2)C1.Cl. The molecule has 22 heavy (non-hydrogen) atoms. The van der Waals surface area contributed by atoms with Crippen molar-refractivity contribution in [3.05, 3.63) is 34.3 Å². The fourth-order valence-electron chi connectivity index (χ4n) is 3.46. The van der Waals surface area contributed by atoms with Crippen LogP contribution >= 0.6 is 28.3 Å². The Labute approximate surface area is 147 Å². The van der Waals surface area contributed by atoms with Crippen molar-refractivity contribution in [2.45, 2.75) is 44.1 Å². The highest BCUT2D eigenvalue weighted by molar-refractivity contribution is 9.10. The number of benzene rings is 1. The molecule has 2 fully saturated rings. The number of carbonyl (C=O) groups is 1. The highest BCUT2D eigenvalue weighted by atomic mass is 79.9. The summed E-state index contributed by atoms with van der Waals surface area (Å²) in [5.74, 6) is 0.756. The standard InChI is InChI=1S/C17H23BrN2O.ClH/c1-12(19)13-4-3-9-20(11-13)16(21)17(7-8-17)14-5-2-6-15(18)10-14;/h2,5-6,10,12-13H,3-4,7-9,11,19H2,1H3;1H. The maximum absolute atomic E-state index is 13.0. The van der Waals surface area contributed by atoms with Crippen LogP contribution < -0.4 is 5.73 Å². The number of piperidine rings is 1. The number of carbonyl (C=O) groups excluding carboxylic acids is 1. The van der Waals surface area contributed by atoms with Gasteiger partial charge in [0.15, 0.2) is 0 Å². The first-order chi connectivity index (χ1) is 10.0. The Morgan fingerprint density at radius 3 is 2.77 bits per heavy atom. The number of hydrogen-bond donors (Lipinski definition) is 1. The maximum atomic E-state index is 13.0. The van der Waals surface area contributed by atoms with Gasteiger partial charge in [-0.05, 0) is 56.2 Å². The van der Waals surface area contributed by atoms with Gasteiger partial charge in [-0.15, -0.1) is 12.4 Å². The molecule has 0 bridgehead atoms. The third kappa shape index (κ3) is 3.34. The molecule has 1 aromatic carbocycles. The van der Waals surface area contributed by atoms with Gasteiger partial charge < -0.3 is 10.6 Å². The molecule has 0 aromatic heterocycles. The third-order valence-electron chi connectivity index (χ3n) is 5.03. The van der Waals surface area contributed by atoms with Crippen molar-refractivity contribution in [3.63, 3.8) is 0 Å². The van der Waals surface area contributed by atoms with Crippen LogP contribution in [0.3, 0.4) is 0 Å². The predicted octanol–water partition coefficient (Wildman–Crippen LogP) is 3.49. The van der Waals surface area contributed by atoms with Gasteiger partial charge >= 0.3 is 0 Å². The van der Waals surface area contributed by atoms with E-state index in [0.717, 1.165) is 48.8 Å². The summed E-state index contributed by atoms with van der Waals surface area (Å²) in [5.41, 5.74) is 6.94. The van der Waals surface area contributed by atoms with E-state index in [1.807, 2.05) is 12.1 Å². The monoisotopic (exact) mass is 386 g/mol. The zero-order valence-corrected chi connectivity index (χ0v) is 15.3. The fraction of sp³-hybridized carbons (Fsp3) is 0.588. The summed E-state index contributed by atoms with van der Waals surface area (Å²) in [6.07, 6.45) is 4.17. The second-order valence-corrected chi connectivity index (χ2v) is 7.52. The van der Waals surface area contributed by atoms with Gasteiger partial charge in [-0.2, -0.15) is 0 Å². The maximum Gasteiger partial charge on any atom is 0.233 e. The molecule has 0 radical (unpaired) electrons. The van der Waals surface area contributed by atoms with E-state index in [4.69, 9.17) is 5.73 Å². The summed E-state index contributed by atoms with van der Waals surface area (Å²) in [6, 6.07) is 8.38. The van der Waals surface area contributed by atoms with Crippen molar-refractivity contribution >= 4 is 34.2 Å². The molecular weight excluding hydrogens is 364 g/mol. The normalized spacial score (nSPS) is 24.3. The topological polar surface area (TPSA) is 46.3 Å². The number of nitrogens with zero attached hydrogens (tertiary/aromatic N) is 1. The van der Waals surface area contributed by atoms with Crippen molar-refractivity contribution in [1.29, 1.82) is 0 Å². The van der Waals surface area contributed by atoms with Gasteiger partial charge in [0.05, 0.1) is 5.41 Å². The molecule has 2 N–H and O–H groups in total. The highest BCUT2D eigenvalue weighted by Crippen LogP contribution is 2.50. The molecule has 1 saturated heterocycles. The minimum Gasteiger partial charge on any atom is -0.342 e. The lowest BCUT2D eigenvalue weighted by Gasteiger charge is -2.36. The Morgan fingerprint density at radius 1 is 1.45 bits per heavy atom. The van der Waals surface area contributed by atoms with Gasteiger partial charge in [0.2, 0.25) is 5.91 Å². The molecule has 1 heterocycles. The van der Waals surface area contributed by atoms with Crippen molar-refractivity contribution in [1.82, 2.24) is 4.90 Å². The molecule has 3 rings (SSSR count). The third-order valence-corrected chi connectivity index (χ3v) is 5.52. The Kier molecular flexibility index (Phi) is 5.57. The summed E-state index contributed by atoms with van der Waals surface area (Å²) in [4.78, 5) is 15.1. The van der Waals surface area contributed by atoms with Crippen LogP contribution in [0.1, 0.15) is 38.2 Å². The van der Waals surface area contributed by atoms with Crippen LogP contribution in [0.5, 0.6) is 0 Å². The van der Waals surface area contributed by atoms with Crippen molar-refractivity contribution < 1.29 is 4.79 Å². The minimum atomic E-state index is -0.260. The number of nitrogens with two attached hydrogens (primary N) is 1. The first-order valence-electron chi connectivity index (χ1n) is 7.84. The number of likely N-dealkylation sites (tertiary alicyclic amines) is 1. The van der Waals surface area contributed by atoms with E-state index in [0.29, 0.717) is 11.8 Å². The molecule has 1 amide bonds. The van der Waals surface area contributed by atoms with Crippen molar-refractivity contribution in [3.8, 4) is 0 Å². The van der Waals surface area contributed by atoms with Gasteiger partial charge in [-0.1, -0.05) is 28.1 Å². The summed E-state index contributed by atoms with van der Waals surface area (Å²) in [7, 11) is 0. The minimum absolute atomic E-state index is 0. The molecule has 5 heteroatoms. The molecule has 1 aromatic rings. The Balaban J connectivity index is 0.00000176. The average Bonchev–Trinajstić information content (AvgIpc) is 3.28. The molecule has 2 aliphatic rings. The fourth-order valence-corrected chi connectivity index (χ4v) is 3.86. The van der Waals surface area contributed by atoms with E-state index < -0.39 is 0 Å². The van der Waals surface area contributed by atoms with E-state index in [1.54, 1.807) is 0 Å². The summed E-state index contributed by atoms with van der Waals surface area (Å²) in [5, 5.41) is 0. The van der Waals surface area contributed by atoms with Crippen molar-refractivity contribution in [2.24, 2.45) is 11.7 Å². The molecule has 122 valence electrons. The van der Waals surface area contributed by atoms with E-state index >= 15 is 0 Å². The highest BCUT2D eigenvalue weighted by Gasteiger charge is 2.53. The number of halogens is 2. The van der Waals surface area contributed by atoms with Gasteiger partial charge in [0, 0.05) is 23.6 Å². The summed E-state index contributed by atoms with van der Waals surface area (Å²) < 4.78 is 1.05. The summed E-state index contributed by atoms with van der Waals surface area (Å²) >= 11 is 3.51. The van der Waals surface area contributed by atoms with Gasteiger partial charge in [-0.3, -0.25) is 4.79 Å². The lowest BCUT2D eigenvalue weighted by Crippen LogP contribution is -2.48. The average molecular weight is 388 g/mol. The van der Waals surface area contributed by atoms with E-state index in [2.05, 4.69) is 39.9 Å². The Bertz CT molecular complexity index is 545. The quantitative estimate of drug-likeness (QED) is 0.863. The largest absolute Gasteiger partial charge is 0.342 e. The molecule has 2 unspecified atom stereocenters. The second kappa shape index (κ2) is 6.90. The molecule has 1 aliphatic carbocycles. The smallest absolute Gasteiger partial charge is 0.233 e. The Hall–Kier alpha value is -0.580. The molecular formula is C17H24BrClN2O. The van der Waals surface area contributed by atoms with Gasteiger partial charge in [0.25, 0.3) is 0 Å². The predicted molar refractivity (Wildman–Crippen MR) is 95.3 cm³/mol. The van der Waals surface area contributed by atoms with Crippen LogP contribution in [0.4, 0.5) is 0 Å². The van der Waals surface area contributed by atoms with Crippen LogP contribution in [0.25, 0.3) is 0 Å². The number of rotatable bonds is 3. The molecule has 1 aliphatic heterocycles. The lowest BCUT2D eigenvalue weighted by atomic mass is 9.89. The first kappa shape index (κ1) is 17.8. The van der Waals surface area contributed by atoms with E-state index in [-0.39, 0.29) is 23.9 Å². The van der Waals surface area contributed by atoms with E-state index in [9.17, 15) is 4.79 Å². The molecule has 2 atom stereocenters. The van der Waals surface area contributed by atoms with Crippen LogP contribution in [0.15, 0.2) is 28.7 Å². The van der Waals surface area contributed by atoms with Crippen LogP contribution in [-0.4, -0.2) is 29.9 Å². The zero-order valence-electron chi connectivity index (χ0n) is 12.9. The first-order valence-corrected chi connectivity index (χ1v) is 8.63. The number of amides is 1. The number of hydrogen-bond acceptors (Lipinski definition) is 2. The van der Waals surface area contributed by atoms with Gasteiger partial charge in [0.1, 0.15) is 0 Å². The molecule has 0 spiro atoms. The molecule has 1 saturated carbocycles. The summed E-state index contributed by atoms with van der Waals surface area (Å²) in [6.45, 7) is 3.77. The van der Waals surface area contributed by atoms with Crippen molar-refractivity contribution in [2.75, 3.05) is 13.1 Å². The Morgan fingerprint density at radius 2 is 2.18 bits per heavy atom. The lowest BCUT2D eigenvalue weighted by molar-refractivity contribution is -0.135. The van der Waals surface area contributed by atoms with E-state index in [1.165, 1.54) is 0 Å². The molecule has 3 nitrogen and oxygen atoms in total. The van der Waals surface area contributed by atoms with Crippen LogP contribution in [-0.2, 0) is 10.2 Å².